The molecule has 0 unspecified atom stereocenters. The number of carbonyl (C=O) groups is 1. The maximum atomic E-state index is 12.7. The zero-order valence-corrected chi connectivity index (χ0v) is 21.5. The highest BCUT2D eigenvalue weighted by atomic mass is 32.1. The quantitative estimate of drug-likeness (QED) is 0.202. The summed E-state index contributed by atoms with van der Waals surface area (Å²) in [6.07, 6.45) is 2.57. The van der Waals surface area contributed by atoms with Gasteiger partial charge in [0.1, 0.15) is 6.61 Å². The van der Waals surface area contributed by atoms with Crippen LogP contribution in [0, 0.1) is 6.42 Å². The second-order valence-electron chi connectivity index (χ2n) is 8.04. The maximum Gasteiger partial charge on any atom is 0.471 e. The fraction of sp³-hybridized carbons (Fsp3) is 0.320. The van der Waals surface area contributed by atoms with Crippen molar-refractivity contribution in [3.63, 3.8) is 0 Å². The predicted octanol–water partition coefficient (Wildman–Crippen LogP) is 4.66. The Balaban J connectivity index is 1.74. The topological polar surface area (TPSA) is 127 Å². The van der Waals surface area contributed by atoms with E-state index >= 15 is 0 Å². The second-order valence-corrected chi connectivity index (χ2v) is 10.2. The van der Waals surface area contributed by atoms with E-state index in [9.17, 15) is 19.1 Å². The molecule has 11 heteroatoms. The van der Waals surface area contributed by atoms with Gasteiger partial charge in [-0.15, -0.1) is 11.3 Å². The van der Waals surface area contributed by atoms with Gasteiger partial charge in [0.2, 0.25) is 0 Å². The molecule has 0 spiro atoms. The lowest BCUT2D eigenvalue weighted by Gasteiger charge is -2.30. The Labute approximate surface area is 214 Å². The molecule has 3 atom stereocenters. The molecule has 0 aliphatic carbocycles. The first-order chi connectivity index (χ1) is 17.3. The number of amides is 1. The summed E-state index contributed by atoms with van der Waals surface area (Å²) < 4.78 is 27.4. The fourth-order valence-electron chi connectivity index (χ4n) is 3.59. The molecule has 0 fully saturated rings. The number of rotatable bonds is 14. The van der Waals surface area contributed by atoms with Crippen molar-refractivity contribution in [2.75, 3.05) is 0 Å². The zero-order valence-electron chi connectivity index (χ0n) is 19.8. The van der Waals surface area contributed by atoms with Crippen LogP contribution in [0.4, 0.5) is 4.79 Å². The van der Waals surface area contributed by atoms with Crippen molar-refractivity contribution in [2.45, 2.75) is 51.2 Å². The second kappa shape index (κ2) is 14.2. The summed E-state index contributed by atoms with van der Waals surface area (Å²) in [6.45, 7) is 1.49. The van der Waals surface area contributed by atoms with Crippen molar-refractivity contribution in [3.8, 4) is 0 Å². The first kappa shape index (κ1) is 28.0. The number of phosphoric ester groups is 1. The Kier molecular flexibility index (Phi) is 11.1. The molecule has 1 heterocycles. The highest BCUT2D eigenvalue weighted by Crippen LogP contribution is 2.38. The molecule has 36 heavy (non-hydrogen) atoms. The monoisotopic (exact) mass is 533 g/mol. The van der Waals surface area contributed by atoms with Gasteiger partial charge in [-0.2, -0.15) is 0 Å². The fourth-order valence-corrected chi connectivity index (χ4v) is 4.54. The molecule has 3 N–H and O–H groups in total. The van der Waals surface area contributed by atoms with Crippen LogP contribution in [-0.2, 0) is 38.0 Å². The average Bonchev–Trinajstić information content (AvgIpc) is 3.36. The first-order valence-corrected chi connectivity index (χ1v) is 13.8. The molecular formula is C25H30N2O7PS. The Bertz CT molecular complexity index is 1080. The zero-order chi connectivity index (χ0) is 25.8. The lowest BCUT2D eigenvalue weighted by atomic mass is 9.96. The van der Waals surface area contributed by atoms with Gasteiger partial charge in [0.25, 0.3) is 0 Å². The molecule has 0 saturated carbocycles. The number of benzene rings is 2. The molecule has 0 aliphatic rings. The van der Waals surface area contributed by atoms with Gasteiger partial charge in [-0.1, -0.05) is 60.7 Å². The molecule has 1 aromatic heterocycles. The van der Waals surface area contributed by atoms with Gasteiger partial charge in [-0.05, 0) is 43.7 Å². The lowest BCUT2D eigenvalue weighted by molar-refractivity contribution is -0.126. The van der Waals surface area contributed by atoms with E-state index in [1.165, 1.54) is 18.3 Å². The Hall–Kier alpha value is -2.59. The standard InChI is InChI=1S/C25H30N2O7PS/c1-19(34-35(29,30)31)33-24(14-8-13-20-9-4-2-5-10-20)23(15-21-11-6-3-7-12-21)27-25(28)32-17-22-16-26-18-36-22/h2-12,16,18-19,23-24H,13-15,17H2,1H3,(H,27,28)(H2,29,30,31)/t19-,23-,24-/m0/s1. The molecule has 3 rings (SSSR count). The van der Waals surface area contributed by atoms with Crippen molar-refractivity contribution in [1.29, 1.82) is 0 Å². The summed E-state index contributed by atoms with van der Waals surface area (Å²) in [5, 5.41) is 2.87. The van der Waals surface area contributed by atoms with Crippen molar-refractivity contribution >= 4 is 25.3 Å². The molecular weight excluding hydrogens is 503 g/mol. The van der Waals surface area contributed by atoms with Crippen LogP contribution in [0.3, 0.4) is 0 Å². The van der Waals surface area contributed by atoms with E-state index in [1.54, 1.807) is 11.7 Å². The van der Waals surface area contributed by atoms with Gasteiger partial charge in [-0.25, -0.2) is 9.36 Å². The van der Waals surface area contributed by atoms with Crippen LogP contribution in [-0.4, -0.2) is 39.3 Å². The summed E-state index contributed by atoms with van der Waals surface area (Å²) in [4.78, 5) is 35.9. The minimum Gasteiger partial charge on any atom is -0.444 e. The highest BCUT2D eigenvalue weighted by Gasteiger charge is 2.29. The number of hydrogen-bond donors (Lipinski definition) is 3. The number of thiazole rings is 1. The van der Waals surface area contributed by atoms with Crippen LogP contribution in [0.15, 0.2) is 72.4 Å². The van der Waals surface area contributed by atoms with Crippen LogP contribution >= 0.6 is 19.2 Å². The largest absolute Gasteiger partial charge is 0.471 e. The number of ether oxygens (including phenoxy) is 2. The Morgan fingerprint density at radius 3 is 2.39 bits per heavy atom. The molecule has 1 amide bonds. The van der Waals surface area contributed by atoms with Gasteiger partial charge in [0.15, 0.2) is 6.29 Å². The third-order valence-electron chi connectivity index (χ3n) is 5.15. The molecule has 2 aromatic carbocycles. The lowest BCUT2D eigenvalue weighted by Crippen LogP contribution is -2.47. The molecule has 9 nitrogen and oxygen atoms in total. The Morgan fingerprint density at radius 2 is 1.78 bits per heavy atom. The van der Waals surface area contributed by atoms with E-state index in [0.717, 1.165) is 16.0 Å². The van der Waals surface area contributed by atoms with E-state index in [-0.39, 0.29) is 6.61 Å². The SMILES string of the molecule is C[C@@H](O[C@@H](C[CH]Cc1ccccc1)[C@H](Cc1ccccc1)NC(=O)OCc1cncs1)OP(=O)(O)O. The highest BCUT2D eigenvalue weighted by molar-refractivity contribution is 7.46. The molecule has 0 aliphatic heterocycles. The third kappa shape index (κ3) is 10.6. The average molecular weight is 534 g/mol. The maximum absolute atomic E-state index is 12.7. The van der Waals surface area contributed by atoms with E-state index in [4.69, 9.17) is 14.0 Å². The molecule has 1 radical (unpaired) electrons. The summed E-state index contributed by atoms with van der Waals surface area (Å²) in [7, 11) is -4.77. The Morgan fingerprint density at radius 1 is 1.11 bits per heavy atom. The smallest absolute Gasteiger partial charge is 0.444 e. The van der Waals surface area contributed by atoms with Gasteiger partial charge in [0.05, 0.1) is 22.5 Å². The number of nitrogens with one attached hydrogen (secondary N) is 1. The van der Waals surface area contributed by atoms with Crippen molar-refractivity contribution < 1.29 is 33.1 Å². The number of alkyl carbamates (subject to hydrolysis) is 1. The number of nitrogens with zero attached hydrogens (tertiary/aromatic N) is 1. The molecule has 0 bridgehead atoms. The van der Waals surface area contributed by atoms with Gasteiger partial charge >= 0.3 is 13.9 Å². The van der Waals surface area contributed by atoms with E-state index in [1.807, 2.05) is 67.1 Å². The first-order valence-electron chi connectivity index (χ1n) is 11.4. The van der Waals surface area contributed by atoms with Crippen LogP contribution in [0.5, 0.6) is 0 Å². The minimum absolute atomic E-state index is 0.0813. The van der Waals surface area contributed by atoms with E-state index in [0.29, 0.717) is 19.3 Å². The van der Waals surface area contributed by atoms with Crippen LogP contribution in [0.25, 0.3) is 0 Å². The molecule has 0 saturated heterocycles. The normalized spacial score (nSPS) is 14.1. The van der Waals surface area contributed by atoms with E-state index in [2.05, 4.69) is 10.3 Å². The van der Waals surface area contributed by atoms with Gasteiger partial charge in [-0.3, -0.25) is 9.51 Å². The van der Waals surface area contributed by atoms with Crippen molar-refractivity contribution in [2.24, 2.45) is 0 Å². The van der Waals surface area contributed by atoms with E-state index < -0.39 is 32.4 Å². The van der Waals surface area contributed by atoms with Crippen LogP contribution in [0.2, 0.25) is 0 Å². The van der Waals surface area contributed by atoms with Crippen molar-refractivity contribution in [1.82, 2.24) is 10.3 Å². The summed E-state index contributed by atoms with van der Waals surface area (Å²) in [5.41, 5.74) is 3.71. The number of carbonyl (C=O) groups excluding carboxylic acids is 1. The summed E-state index contributed by atoms with van der Waals surface area (Å²) in [5.74, 6) is 0. The van der Waals surface area contributed by atoms with Gasteiger partial charge in [0, 0.05) is 6.20 Å². The number of phosphoric acid groups is 1. The summed E-state index contributed by atoms with van der Waals surface area (Å²) >= 11 is 1.38. The third-order valence-corrected chi connectivity index (χ3v) is 6.48. The molecule has 3 aromatic rings. The molecule has 193 valence electrons. The number of hydrogen-bond acceptors (Lipinski definition) is 7. The predicted molar refractivity (Wildman–Crippen MR) is 136 cm³/mol. The van der Waals surface area contributed by atoms with Gasteiger partial charge < -0.3 is 24.6 Å². The minimum atomic E-state index is -4.77. The van der Waals surface area contributed by atoms with Crippen LogP contribution in [0.1, 0.15) is 29.3 Å². The van der Waals surface area contributed by atoms with Crippen molar-refractivity contribution in [3.05, 3.63) is 94.8 Å². The van der Waals surface area contributed by atoms with Crippen LogP contribution < -0.4 is 5.32 Å². The number of aromatic nitrogens is 1. The summed E-state index contributed by atoms with van der Waals surface area (Å²) in [6, 6.07) is 18.8.